The van der Waals surface area contributed by atoms with Gasteiger partial charge in [-0.15, -0.1) is 0 Å². The summed E-state index contributed by atoms with van der Waals surface area (Å²) in [7, 11) is 1.65. The molecule has 0 fully saturated rings. The fourth-order valence-corrected chi connectivity index (χ4v) is 2.64. The number of aliphatic hydroxyl groups excluding tert-OH is 1. The number of aliphatic hydroxyl groups is 1. The third kappa shape index (κ3) is 3.38. The maximum atomic E-state index is 9.69. The van der Waals surface area contributed by atoms with Crippen LogP contribution in [0.4, 0.5) is 0 Å². The molecular weight excluding hydrogens is 290 g/mol. The van der Waals surface area contributed by atoms with Gasteiger partial charge in [-0.1, -0.05) is 24.3 Å². The highest BCUT2D eigenvalue weighted by molar-refractivity contribution is 5.81. The van der Waals surface area contributed by atoms with E-state index in [4.69, 9.17) is 9.15 Å². The van der Waals surface area contributed by atoms with E-state index in [0.717, 1.165) is 28.0 Å². The molecule has 4 heteroatoms. The van der Waals surface area contributed by atoms with Crippen molar-refractivity contribution < 1.29 is 14.3 Å². The largest absolute Gasteiger partial charge is 0.497 e. The highest BCUT2D eigenvalue weighted by atomic mass is 16.5. The molecule has 1 heterocycles. The Bertz CT molecular complexity index is 777. The van der Waals surface area contributed by atoms with Gasteiger partial charge in [0.25, 0.3) is 0 Å². The molecule has 0 radical (unpaired) electrons. The number of hydrogen-bond donors (Lipinski definition) is 2. The average Bonchev–Trinajstić information content (AvgIpc) is 3.01. The fraction of sp³-hybridized carbons (Fsp3) is 0.263. The average molecular weight is 311 g/mol. The second kappa shape index (κ2) is 6.86. The van der Waals surface area contributed by atoms with Crippen LogP contribution >= 0.6 is 0 Å². The van der Waals surface area contributed by atoms with Gasteiger partial charge in [-0.2, -0.15) is 0 Å². The molecule has 120 valence electrons. The van der Waals surface area contributed by atoms with Crippen LogP contribution in [0.15, 0.2) is 52.9 Å². The molecule has 0 spiro atoms. The summed E-state index contributed by atoms with van der Waals surface area (Å²) in [6.07, 6.45) is 0. The van der Waals surface area contributed by atoms with Crippen molar-refractivity contribution >= 4 is 11.0 Å². The molecule has 0 amide bonds. The maximum absolute atomic E-state index is 9.69. The molecule has 1 unspecified atom stereocenters. The molecule has 0 saturated carbocycles. The molecule has 1 atom stereocenters. The first-order valence-electron chi connectivity index (χ1n) is 7.67. The minimum absolute atomic E-state index is 0.0188. The van der Waals surface area contributed by atoms with Crippen LogP contribution in [0.2, 0.25) is 0 Å². The number of aryl methyl sites for hydroxylation is 1. The summed E-state index contributed by atoms with van der Waals surface area (Å²) in [6.45, 7) is 2.68. The number of fused-ring (bicyclic) bond motifs is 1. The number of nitrogens with one attached hydrogen (secondary N) is 1. The zero-order valence-corrected chi connectivity index (χ0v) is 13.4. The Morgan fingerprint density at radius 1 is 1.17 bits per heavy atom. The molecule has 0 aliphatic heterocycles. The van der Waals surface area contributed by atoms with Crippen molar-refractivity contribution in [2.24, 2.45) is 0 Å². The zero-order chi connectivity index (χ0) is 16.2. The molecule has 0 aliphatic carbocycles. The Hall–Kier alpha value is -2.30. The molecule has 2 N–H and O–H groups in total. The van der Waals surface area contributed by atoms with Gasteiger partial charge in [0, 0.05) is 11.9 Å². The van der Waals surface area contributed by atoms with E-state index < -0.39 is 0 Å². The fourth-order valence-electron chi connectivity index (χ4n) is 2.64. The van der Waals surface area contributed by atoms with Gasteiger partial charge in [0.2, 0.25) is 0 Å². The van der Waals surface area contributed by atoms with Crippen LogP contribution in [0.1, 0.15) is 22.9 Å². The van der Waals surface area contributed by atoms with Crippen molar-refractivity contribution in [1.82, 2.24) is 5.32 Å². The maximum Gasteiger partial charge on any atom is 0.134 e. The summed E-state index contributed by atoms with van der Waals surface area (Å²) in [5.41, 5.74) is 3.14. The Balaban J connectivity index is 1.74. The molecule has 4 nitrogen and oxygen atoms in total. The lowest BCUT2D eigenvalue weighted by Gasteiger charge is -2.14. The van der Waals surface area contributed by atoms with E-state index in [0.29, 0.717) is 6.54 Å². The quantitative estimate of drug-likeness (QED) is 0.730. The first-order chi connectivity index (χ1) is 11.2. The lowest BCUT2D eigenvalue weighted by atomic mass is 10.1. The first-order valence-corrected chi connectivity index (χ1v) is 7.67. The third-order valence-electron chi connectivity index (χ3n) is 4.04. The van der Waals surface area contributed by atoms with Gasteiger partial charge < -0.3 is 19.6 Å². The van der Waals surface area contributed by atoms with Gasteiger partial charge in [-0.05, 0) is 42.3 Å². The summed E-state index contributed by atoms with van der Waals surface area (Å²) in [4.78, 5) is 0. The van der Waals surface area contributed by atoms with Crippen molar-refractivity contribution in [1.29, 1.82) is 0 Å². The number of rotatable bonds is 6. The van der Waals surface area contributed by atoms with Crippen LogP contribution in [-0.2, 0) is 6.54 Å². The van der Waals surface area contributed by atoms with Crippen molar-refractivity contribution in [3.63, 3.8) is 0 Å². The Labute approximate surface area is 135 Å². The Morgan fingerprint density at radius 3 is 2.61 bits per heavy atom. The van der Waals surface area contributed by atoms with Gasteiger partial charge >= 0.3 is 0 Å². The van der Waals surface area contributed by atoms with Crippen LogP contribution in [0.25, 0.3) is 11.0 Å². The molecule has 1 aromatic heterocycles. The number of benzene rings is 2. The molecule has 0 saturated heterocycles. The standard InChI is InChI=1S/C19H21NO3/c1-13-4-3-5-18-16(13)10-19(23-18)17(12-21)20-11-14-6-8-15(22-2)9-7-14/h3-10,17,20-21H,11-12H2,1-2H3. The highest BCUT2D eigenvalue weighted by Crippen LogP contribution is 2.26. The van der Waals surface area contributed by atoms with Crippen molar-refractivity contribution in [3.05, 3.63) is 65.4 Å². The lowest BCUT2D eigenvalue weighted by Crippen LogP contribution is -2.23. The summed E-state index contributed by atoms with van der Waals surface area (Å²) in [6, 6.07) is 15.6. The van der Waals surface area contributed by atoms with Crippen LogP contribution in [0, 0.1) is 6.92 Å². The van der Waals surface area contributed by atoms with Crippen LogP contribution in [-0.4, -0.2) is 18.8 Å². The summed E-state index contributed by atoms with van der Waals surface area (Å²) in [5.74, 6) is 1.59. The predicted octanol–water partition coefficient (Wildman–Crippen LogP) is 3.57. The molecule has 0 bridgehead atoms. The molecular formula is C19H21NO3. The van der Waals surface area contributed by atoms with E-state index >= 15 is 0 Å². The smallest absolute Gasteiger partial charge is 0.134 e. The van der Waals surface area contributed by atoms with Crippen LogP contribution in [0.3, 0.4) is 0 Å². The topological polar surface area (TPSA) is 54.6 Å². The van der Waals surface area contributed by atoms with Crippen molar-refractivity contribution in [2.45, 2.75) is 19.5 Å². The van der Waals surface area contributed by atoms with Crippen LogP contribution in [0.5, 0.6) is 5.75 Å². The van der Waals surface area contributed by atoms with E-state index in [9.17, 15) is 5.11 Å². The van der Waals surface area contributed by atoms with Gasteiger partial charge in [0.15, 0.2) is 0 Å². The third-order valence-corrected chi connectivity index (χ3v) is 4.04. The SMILES string of the molecule is COc1ccc(CNC(CO)c2cc3c(C)cccc3o2)cc1. The Kier molecular flexibility index (Phi) is 4.65. The van der Waals surface area contributed by atoms with E-state index in [1.165, 1.54) is 5.56 Å². The zero-order valence-electron chi connectivity index (χ0n) is 13.4. The summed E-state index contributed by atoms with van der Waals surface area (Å²) < 4.78 is 11.0. The monoisotopic (exact) mass is 311 g/mol. The second-order valence-electron chi connectivity index (χ2n) is 5.60. The molecule has 23 heavy (non-hydrogen) atoms. The highest BCUT2D eigenvalue weighted by Gasteiger charge is 2.15. The van der Waals surface area contributed by atoms with E-state index in [2.05, 4.69) is 18.3 Å². The number of methoxy groups -OCH3 is 1. The number of furan rings is 1. The molecule has 3 rings (SSSR count). The number of hydrogen-bond acceptors (Lipinski definition) is 4. The first kappa shape index (κ1) is 15.6. The van der Waals surface area contributed by atoms with E-state index in [-0.39, 0.29) is 12.6 Å². The molecule has 2 aromatic carbocycles. The minimum Gasteiger partial charge on any atom is -0.497 e. The van der Waals surface area contributed by atoms with Gasteiger partial charge in [0.05, 0.1) is 19.8 Å². The normalized spacial score (nSPS) is 12.5. The predicted molar refractivity (Wildman–Crippen MR) is 90.6 cm³/mol. The molecule has 0 aliphatic rings. The van der Waals surface area contributed by atoms with Gasteiger partial charge in [-0.3, -0.25) is 0 Å². The van der Waals surface area contributed by atoms with E-state index in [1.54, 1.807) is 7.11 Å². The van der Waals surface area contributed by atoms with Gasteiger partial charge in [-0.25, -0.2) is 0 Å². The minimum atomic E-state index is -0.232. The molecule has 3 aromatic rings. The summed E-state index contributed by atoms with van der Waals surface area (Å²) >= 11 is 0. The number of ether oxygens (including phenoxy) is 1. The van der Waals surface area contributed by atoms with Crippen molar-refractivity contribution in [2.75, 3.05) is 13.7 Å². The van der Waals surface area contributed by atoms with Gasteiger partial charge in [0.1, 0.15) is 17.1 Å². The summed E-state index contributed by atoms with van der Waals surface area (Å²) in [5, 5.41) is 14.1. The van der Waals surface area contributed by atoms with E-state index in [1.807, 2.05) is 42.5 Å². The van der Waals surface area contributed by atoms with Crippen molar-refractivity contribution in [3.8, 4) is 5.75 Å². The lowest BCUT2D eigenvalue weighted by molar-refractivity contribution is 0.227. The Morgan fingerprint density at radius 2 is 1.96 bits per heavy atom. The van der Waals surface area contributed by atoms with Crippen LogP contribution < -0.4 is 10.1 Å². The second-order valence-corrected chi connectivity index (χ2v) is 5.60.